The molecule has 3 atom stereocenters. The van der Waals surface area contributed by atoms with Crippen molar-refractivity contribution in [2.75, 3.05) is 7.11 Å². The second kappa shape index (κ2) is 5.06. The van der Waals surface area contributed by atoms with Gasteiger partial charge in [-0.1, -0.05) is 12.8 Å². The van der Waals surface area contributed by atoms with Gasteiger partial charge in [0.2, 0.25) is 0 Å². The molecule has 104 valence electrons. The highest BCUT2D eigenvalue weighted by Crippen LogP contribution is 2.60. The highest BCUT2D eigenvalue weighted by atomic mass is 79.9. The first-order chi connectivity index (χ1) is 9.13. The van der Waals surface area contributed by atoms with Gasteiger partial charge < -0.3 is 10.5 Å². The first-order valence-corrected chi connectivity index (χ1v) is 7.71. The maximum Gasteiger partial charge on any atom is 0.141 e. The van der Waals surface area contributed by atoms with Crippen molar-refractivity contribution in [1.82, 2.24) is 0 Å². The van der Waals surface area contributed by atoms with E-state index in [0.29, 0.717) is 16.1 Å². The van der Waals surface area contributed by atoms with E-state index in [1.54, 1.807) is 13.2 Å². The standard InChI is InChI=1S/C15H19BrFNO/c1-19-13-7-12(17)11(16)6-10(13)15(18)14-8-4-2-3-5-9(8)14/h6-9,14-15H,2-5,18H2,1H3. The molecule has 0 heterocycles. The van der Waals surface area contributed by atoms with Crippen molar-refractivity contribution >= 4 is 15.9 Å². The quantitative estimate of drug-likeness (QED) is 0.909. The summed E-state index contributed by atoms with van der Waals surface area (Å²) in [4.78, 5) is 0. The SMILES string of the molecule is COc1cc(F)c(Br)cc1C(N)C1C2CCCCC21. The normalized spacial score (nSPS) is 30.6. The van der Waals surface area contributed by atoms with E-state index in [0.717, 1.165) is 17.4 Å². The minimum Gasteiger partial charge on any atom is -0.496 e. The van der Waals surface area contributed by atoms with Crippen molar-refractivity contribution < 1.29 is 9.13 Å². The van der Waals surface area contributed by atoms with Crippen LogP contribution in [0.2, 0.25) is 0 Å². The maximum atomic E-state index is 13.6. The zero-order valence-electron chi connectivity index (χ0n) is 11.0. The topological polar surface area (TPSA) is 35.2 Å². The van der Waals surface area contributed by atoms with Crippen molar-refractivity contribution in [2.45, 2.75) is 31.7 Å². The molecule has 2 aliphatic carbocycles. The Morgan fingerprint density at radius 1 is 1.32 bits per heavy atom. The van der Waals surface area contributed by atoms with Crippen molar-refractivity contribution in [3.05, 3.63) is 28.0 Å². The number of halogens is 2. The second-order valence-electron chi connectivity index (χ2n) is 5.72. The predicted octanol–water partition coefficient (Wildman–Crippen LogP) is 4.03. The van der Waals surface area contributed by atoms with E-state index in [4.69, 9.17) is 10.5 Å². The molecule has 19 heavy (non-hydrogen) atoms. The smallest absolute Gasteiger partial charge is 0.141 e. The lowest BCUT2D eigenvalue weighted by Gasteiger charge is -2.17. The summed E-state index contributed by atoms with van der Waals surface area (Å²) in [7, 11) is 1.57. The van der Waals surface area contributed by atoms with Crippen LogP contribution in [0.4, 0.5) is 4.39 Å². The van der Waals surface area contributed by atoms with Gasteiger partial charge in [-0.15, -0.1) is 0 Å². The van der Waals surface area contributed by atoms with Crippen molar-refractivity contribution in [1.29, 1.82) is 0 Å². The zero-order chi connectivity index (χ0) is 13.6. The van der Waals surface area contributed by atoms with Gasteiger partial charge in [0.15, 0.2) is 0 Å². The number of nitrogens with two attached hydrogens (primary N) is 1. The molecule has 2 aliphatic rings. The van der Waals surface area contributed by atoms with Crippen LogP contribution in [0.5, 0.6) is 5.75 Å². The van der Waals surface area contributed by atoms with Gasteiger partial charge in [0.05, 0.1) is 11.6 Å². The zero-order valence-corrected chi connectivity index (χ0v) is 12.6. The summed E-state index contributed by atoms with van der Waals surface area (Å²) < 4.78 is 19.3. The molecule has 0 radical (unpaired) electrons. The number of benzene rings is 1. The number of hydrogen-bond acceptors (Lipinski definition) is 2. The number of rotatable bonds is 3. The Balaban J connectivity index is 1.87. The van der Waals surface area contributed by atoms with Gasteiger partial charge in [-0.2, -0.15) is 0 Å². The summed E-state index contributed by atoms with van der Waals surface area (Å²) in [6.45, 7) is 0. The summed E-state index contributed by atoms with van der Waals surface area (Å²) in [5.74, 6) is 2.36. The minimum atomic E-state index is -0.305. The summed E-state index contributed by atoms with van der Waals surface area (Å²) in [5, 5.41) is 0. The molecule has 1 aromatic carbocycles. The monoisotopic (exact) mass is 327 g/mol. The third kappa shape index (κ3) is 2.29. The Labute approximate surface area is 121 Å². The van der Waals surface area contributed by atoms with Crippen LogP contribution < -0.4 is 10.5 Å². The van der Waals surface area contributed by atoms with Gasteiger partial charge in [0.1, 0.15) is 11.6 Å². The van der Waals surface area contributed by atoms with Crippen LogP contribution in [0.15, 0.2) is 16.6 Å². The summed E-state index contributed by atoms with van der Waals surface area (Å²) in [6.07, 6.45) is 5.25. The maximum absolute atomic E-state index is 13.6. The summed E-state index contributed by atoms with van der Waals surface area (Å²) in [5.41, 5.74) is 7.36. The molecule has 0 saturated heterocycles. The molecule has 3 unspecified atom stereocenters. The molecule has 2 N–H and O–H groups in total. The largest absolute Gasteiger partial charge is 0.496 e. The average Bonchev–Trinajstić information content (AvgIpc) is 3.14. The summed E-state index contributed by atoms with van der Waals surface area (Å²) >= 11 is 3.24. The fourth-order valence-electron chi connectivity index (χ4n) is 3.77. The lowest BCUT2D eigenvalue weighted by Crippen LogP contribution is -2.16. The van der Waals surface area contributed by atoms with E-state index < -0.39 is 0 Å². The molecule has 2 fully saturated rings. The third-order valence-electron chi connectivity index (χ3n) is 4.77. The molecule has 0 spiro atoms. The Bertz CT molecular complexity index is 481. The molecule has 0 bridgehead atoms. The van der Waals surface area contributed by atoms with E-state index in [-0.39, 0.29) is 11.9 Å². The van der Waals surface area contributed by atoms with Crippen LogP contribution in [0.3, 0.4) is 0 Å². The molecule has 3 rings (SSSR count). The van der Waals surface area contributed by atoms with E-state index >= 15 is 0 Å². The molecule has 4 heteroatoms. The first kappa shape index (κ1) is 13.4. The van der Waals surface area contributed by atoms with Gasteiger partial charge in [0, 0.05) is 17.7 Å². The molecule has 2 nitrogen and oxygen atoms in total. The van der Waals surface area contributed by atoms with Crippen molar-refractivity contribution in [2.24, 2.45) is 23.5 Å². The predicted molar refractivity (Wildman–Crippen MR) is 76.5 cm³/mol. The van der Waals surface area contributed by atoms with Crippen LogP contribution in [0.25, 0.3) is 0 Å². The molecule has 0 amide bonds. The van der Waals surface area contributed by atoms with E-state index in [9.17, 15) is 4.39 Å². The fraction of sp³-hybridized carbons (Fsp3) is 0.600. The fourth-order valence-corrected chi connectivity index (χ4v) is 4.13. The number of hydrogen-bond donors (Lipinski definition) is 1. The molecule has 0 aromatic heterocycles. The molecular weight excluding hydrogens is 309 g/mol. The Kier molecular flexibility index (Phi) is 3.56. The van der Waals surface area contributed by atoms with Crippen LogP contribution in [0.1, 0.15) is 37.3 Å². The molecule has 2 saturated carbocycles. The Hall–Kier alpha value is -0.610. The van der Waals surface area contributed by atoms with Crippen LogP contribution in [0, 0.1) is 23.6 Å². The number of ether oxygens (including phenoxy) is 1. The first-order valence-electron chi connectivity index (χ1n) is 6.92. The lowest BCUT2D eigenvalue weighted by atomic mass is 9.99. The van der Waals surface area contributed by atoms with E-state index in [2.05, 4.69) is 15.9 Å². The minimum absolute atomic E-state index is 0.0417. The average molecular weight is 328 g/mol. The van der Waals surface area contributed by atoms with Crippen LogP contribution >= 0.6 is 15.9 Å². The van der Waals surface area contributed by atoms with Gasteiger partial charge in [-0.05, 0) is 52.6 Å². The van der Waals surface area contributed by atoms with Gasteiger partial charge in [-0.3, -0.25) is 0 Å². The second-order valence-corrected chi connectivity index (χ2v) is 6.58. The Morgan fingerprint density at radius 2 is 1.95 bits per heavy atom. The molecule has 0 aliphatic heterocycles. The van der Waals surface area contributed by atoms with Crippen LogP contribution in [-0.4, -0.2) is 7.11 Å². The van der Waals surface area contributed by atoms with Crippen molar-refractivity contribution in [3.63, 3.8) is 0 Å². The number of methoxy groups -OCH3 is 1. The highest BCUT2D eigenvalue weighted by Gasteiger charge is 2.53. The highest BCUT2D eigenvalue weighted by molar-refractivity contribution is 9.10. The van der Waals surface area contributed by atoms with E-state index in [1.807, 2.05) is 0 Å². The van der Waals surface area contributed by atoms with Gasteiger partial charge in [0.25, 0.3) is 0 Å². The van der Waals surface area contributed by atoms with Gasteiger partial charge in [-0.25, -0.2) is 4.39 Å². The Morgan fingerprint density at radius 3 is 2.53 bits per heavy atom. The summed E-state index contributed by atoms with van der Waals surface area (Å²) in [6, 6.07) is 3.16. The number of fused-ring (bicyclic) bond motifs is 1. The molecular formula is C15H19BrFNO. The van der Waals surface area contributed by atoms with Crippen molar-refractivity contribution in [3.8, 4) is 5.75 Å². The third-order valence-corrected chi connectivity index (χ3v) is 5.38. The molecule has 1 aromatic rings. The van der Waals surface area contributed by atoms with Gasteiger partial charge >= 0.3 is 0 Å². The van der Waals surface area contributed by atoms with Crippen LogP contribution in [-0.2, 0) is 0 Å². The lowest BCUT2D eigenvalue weighted by molar-refractivity contribution is 0.396. The van der Waals surface area contributed by atoms with E-state index in [1.165, 1.54) is 31.7 Å².